The van der Waals surface area contributed by atoms with E-state index in [1.807, 2.05) is 13.0 Å². The van der Waals surface area contributed by atoms with Crippen LogP contribution in [0.5, 0.6) is 0 Å². The molecule has 0 aromatic heterocycles. The maximum Gasteiger partial charge on any atom is 0.331 e. The standard InChI is InChI=1S/C14H25NO2/c1-4-11(13(16)17)8-10-15-12-7-5-6-9-14(12,2)3/h8,12,15H,4-7,9-10H2,1-3H3,(H,16,17). The summed E-state index contributed by atoms with van der Waals surface area (Å²) in [6, 6.07) is 0.513. The molecule has 0 aromatic carbocycles. The Morgan fingerprint density at radius 2 is 2.18 bits per heavy atom. The van der Waals surface area contributed by atoms with Crippen molar-refractivity contribution in [2.45, 2.75) is 58.9 Å². The zero-order valence-electron chi connectivity index (χ0n) is 11.3. The fourth-order valence-corrected chi connectivity index (χ4v) is 2.58. The van der Waals surface area contributed by atoms with Crippen LogP contribution in [-0.4, -0.2) is 23.7 Å². The summed E-state index contributed by atoms with van der Waals surface area (Å²) in [5.41, 5.74) is 0.841. The summed E-state index contributed by atoms with van der Waals surface area (Å²) < 4.78 is 0. The predicted octanol–water partition coefficient (Wildman–Crippen LogP) is 2.97. The van der Waals surface area contributed by atoms with Crippen LogP contribution in [-0.2, 0) is 4.79 Å². The molecule has 3 nitrogen and oxygen atoms in total. The molecule has 1 rings (SSSR count). The molecule has 0 saturated heterocycles. The molecular weight excluding hydrogens is 214 g/mol. The van der Waals surface area contributed by atoms with Crippen molar-refractivity contribution >= 4 is 5.97 Å². The van der Waals surface area contributed by atoms with Gasteiger partial charge in [-0.15, -0.1) is 0 Å². The molecule has 0 bridgehead atoms. The average Bonchev–Trinajstić information content (AvgIpc) is 2.25. The third kappa shape index (κ3) is 4.15. The maximum atomic E-state index is 10.8. The van der Waals surface area contributed by atoms with Crippen molar-refractivity contribution in [2.24, 2.45) is 5.41 Å². The van der Waals surface area contributed by atoms with Crippen molar-refractivity contribution in [3.8, 4) is 0 Å². The Morgan fingerprint density at radius 1 is 1.47 bits per heavy atom. The maximum absolute atomic E-state index is 10.8. The van der Waals surface area contributed by atoms with Crippen molar-refractivity contribution in [1.29, 1.82) is 0 Å². The van der Waals surface area contributed by atoms with Crippen LogP contribution in [0.3, 0.4) is 0 Å². The van der Waals surface area contributed by atoms with Crippen molar-refractivity contribution in [1.82, 2.24) is 5.32 Å². The zero-order chi connectivity index (χ0) is 12.9. The molecule has 1 saturated carbocycles. The number of aliphatic carboxylic acids is 1. The molecule has 0 aliphatic heterocycles. The first-order chi connectivity index (χ1) is 7.97. The van der Waals surface area contributed by atoms with E-state index >= 15 is 0 Å². The van der Waals surface area contributed by atoms with Crippen LogP contribution in [0.4, 0.5) is 0 Å². The molecule has 98 valence electrons. The highest BCUT2D eigenvalue weighted by Gasteiger charge is 2.31. The van der Waals surface area contributed by atoms with E-state index in [0.29, 0.717) is 30.0 Å². The average molecular weight is 239 g/mol. The SMILES string of the molecule is CCC(=CCNC1CCCCC1(C)C)C(=O)O. The zero-order valence-corrected chi connectivity index (χ0v) is 11.3. The number of hydrogen-bond donors (Lipinski definition) is 2. The van der Waals surface area contributed by atoms with E-state index in [1.54, 1.807) is 0 Å². The molecular formula is C14H25NO2. The lowest BCUT2D eigenvalue weighted by atomic mass is 9.73. The second kappa shape index (κ2) is 6.20. The van der Waals surface area contributed by atoms with Gasteiger partial charge in [0.1, 0.15) is 0 Å². The van der Waals surface area contributed by atoms with E-state index < -0.39 is 5.97 Å². The van der Waals surface area contributed by atoms with Crippen LogP contribution < -0.4 is 5.32 Å². The van der Waals surface area contributed by atoms with Gasteiger partial charge in [-0.2, -0.15) is 0 Å². The first-order valence-corrected chi connectivity index (χ1v) is 6.63. The van der Waals surface area contributed by atoms with Gasteiger partial charge < -0.3 is 10.4 Å². The van der Waals surface area contributed by atoms with Crippen molar-refractivity contribution < 1.29 is 9.90 Å². The fraction of sp³-hybridized carbons (Fsp3) is 0.786. The number of carbonyl (C=O) groups is 1. The molecule has 0 heterocycles. The quantitative estimate of drug-likeness (QED) is 0.725. The summed E-state index contributed by atoms with van der Waals surface area (Å²) in [7, 11) is 0. The fourth-order valence-electron chi connectivity index (χ4n) is 2.58. The van der Waals surface area contributed by atoms with Crippen LogP contribution >= 0.6 is 0 Å². The number of rotatable bonds is 5. The van der Waals surface area contributed by atoms with Gasteiger partial charge in [0, 0.05) is 18.2 Å². The Hall–Kier alpha value is -0.830. The normalized spacial score (nSPS) is 24.6. The minimum atomic E-state index is -0.794. The lowest BCUT2D eigenvalue weighted by Gasteiger charge is -2.39. The molecule has 1 aliphatic carbocycles. The van der Waals surface area contributed by atoms with E-state index in [2.05, 4.69) is 19.2 Å². The molecule has 1 fully saturated rings. The first-order valence-electron chi connectivity index (χ1n) is 6.63. The Bertz CT molecular complexity index is 295. The van der Waals surface area contributed by atoms with Gasteiger partial charge in [0.2, 0.25) is 0 Å². The van der Waals surface area contributed by atoms with E-state index in [0.717, 1.165) is 0 Å². The lowest BCUT2D eigenvalue weighted by molar-refractivity contribution is -0.132. The van der Waals surface area contributed by atoms with Crippen LogP contribution in [0.2, 0.25) is 0 Å². The molecule has 0 spiro atoms. The van der Waals surface area contributed by atoms with Gasteiger partial charge in [-0.05, 0) is 24.7 Å². The largest absolute Gasteiger partial charge is 0.478 e. The number of hydrogen-bond acceptors (Lipinski definition) is 2. The molecule has 1 unspecified atom stereocenters. The molecule has 3 heteroatoms. The second-order valence-corrected chi connectivity index (χ2v) is 5.58. The van der Waals surface area contributed by atoms with Gasteiger partial charge in [0.05, 0.1) is 0 Å². The Morgan fingerprint density at radius 3 is 2.71 bits per heavy atom. The van der Waals surface area contributed by atoms with Crippen molar-refractivity contribution in [3.63, 3.8) is 0 Å². The first kappa shape index (κ1) is 14.2. The minimum absolute atomic E-state index is 0.335. The summed E-state index contributed by atoms with van der Waals surface area (Å²) in [5, 5.41) is 12.4. The number of carboxylic acid groups (broad SMARTS) is 1. The third-order valence-corrected chi connectivity index (χ3v) is 3.88. The molecule has 2 N–H and O–H groups in total. The van der Waals surface area contributed by atoms with Gasteiger partial charge in [-0.25, -0.2) is 4.79 Å². The van der Waals surface area contributed by atoms with Crippen LogP contribution in [0.15, 0.2) is 11.6 Å². The summed E-state index contributed by atoms with van der Waals surface area (Å²) in [6.07, 6.45) is 7.46. The summed E-state index contributed by atoms with van der Waals surface area (Å²) in [4.78, 5) is 10.8. The van der Waals surface area contributed by atoms with Gasteiger partial charge >= 0.3 is 5.97 Å². The highest BCUT2D eigenvalue weighted by molar-refractivity contribution is 5.86. The Kier molecular flexibility index (Phi) is 5.19. The second-order valence-electron chi connectivity index (χ2n) is 5.58. The Labute approximate surface area is 104 Å². The van der Waals surface area contributed by atoms with Crippen LogP contribution in [0.1, 0.15) is 52.9 Å². The molecule has 0 radical (unpaired) electrons. The summed E-state index contributed by atoms with van der Waals surface area (Å²) >= 11 is 0. The molecule has 1 aliphatic rings. The molecule has 1 atom stereocenters. The van der Waals surface area contributed by atoms with E-state index in [1.165, 1.54) is 25.7 Å². The minimum Gasteiger partial charge on any atom is -0.478 e. The topological polar surface area (TPSA) is 49.3 Å². The lowest BCUT2D eigenvalue weighted by Crippen LogP contribution is -2.44. The summed E-state index contributed by atoms with van der Waals surface area (Å²) in [5.74, 6) is -0.794. The van der Waals surface area contributed by atoms with Gasteiger partial charge in [-0.1, -0.05) is 39.7 Å². The highest BCUT2D eigenvalue weighted by Crippen LogP contribution is 2.35. The highest BCUT2D eigenvalue weighted by atomic mass is 16.4. The molecule has 17 heavy (non-hydrogen) atoms. The molecule has 0 amide bonds. The van der Waals surface area contributed by atoms with Gasteiger partial charge in [0.15, 0.2) is 0 Å². The smallest absolute Gasteiger partial charge is 0.331 e. The number of nitrogens with one attached hydrogen (secondary N) is 1. The number of carboxylic acids is 1. The van der Waals surface area contributed by atoms with Crippen molar-refractivity contribution in [2.75, 3.05) is 6.54 Å². The van der Waals surface area contributed by atoms with Crippen LogP contribution in [0, 0.1) is 5.41 Å². The van der Waals surface area contributed by atoms with E-state index in [9.17, 15) is 4.79 Å². The van der Waals surface area contributed by atoms with E-state index in [4.69, 9.17) is 5.11 Å². The Balaban J connectivity index is 2.47. The van der Waals surface area contributed by atoms with Crippen molar-refractivity contribution in [3.05, 3.63) is 11.6 Å². The monoisotopic (exact) mass is 239 g/mol. The summed E-state index contributed by atoms with van der Waals surface area (Å²) in [6.45, 7) is 7.14. The predicted molar refractivity (Wildman–Crippen MR) is 70.0 cm³/mol. The molecule has 0 aromatic rings. The van der Waals surface area contributed by atoms with Gasteiger partial charge in [-0.3, -0.25) is 0 Å². The van der Waals surface area contributed by atoms with E-state index in [-0.39, 0.29) is 0 Å². The van der Waals surface area contributed by atoms with Gasteiger partial charge in [0.25, 0.3) is 0 Å². The van der Waals surface area contributed by atoms with Crippen LogP contribution in [0.25, 0.3) is 0 Å². The third-order valence-electron chi connectivity index (χ3n) is 3.88.